The van der Waals surface area contributed by atoms with E-state index in [0.29, 0.717) is 11.1 Å². The molecule has 1 amide bonds. The summed E-state index contributed by atoms with van der Waals surface area (Å²) in [7, 11) is 0. The van der Waals surface area contributed by atoms with Gasteiger partial charge < -0.3 is 5.73 Å². The van der Waals surface area contributed by atoms with E-state index in [4.69, 9.17) is 5.73 Å². The van der Waals surface area contributed by atoms with Crippen molar-refractivity contribution < 1.29 is 4.79 Å². The van der Waals surface area contributed by atoms with E-state index in [9.17, 15) is 4.79 Å². The molecular formula is C15H11N3O. The number of aromatic nitrogens is 2. The largest absolute Gasteiger partial charge is 0.366 e. The average molecular weight is 249 g/mol. The van der Waals surface area contributed by atoms with E-state index in [-0.39, 0.29) is 0 Å². The topological polar surface area (TPSA) is 68.9 Å². The molecule has 1 heterocycles. The molecule has 0 saturated carbocycles. The molecule has 0 spiro atoms. The van der Waals surface area contributed by atoms with Crippen molar-refractivity contribution in [2.75, 3.05) is 0 Å². The summed E-state index contributed by atoms with van der Waals surface area (Å²) in [5.74, 6) is -0.462. The fraction of sp³-hybridized carbons (Fsp3) is 0. The fourth-order valence-electron chi connectivity index (χ4n) is 1.91. The van der Waals surface area contributed by atoms with Crippen molar-refractivity contribution in [1.82, 2.24) is 9.97 Å². The summed E-state index contributed by atoms with van der Waals surface area (Å²) >= 11 is 0. The molecule has 3 rings (SSSR count). The van der Waals surface area contributed by atoms with Crippen molar-refractivity contribution in [2.24, 2.45) is 5.73 Å². The van der Waals surface area contributed by atoms with Gasteiger partial charge >= 0.3 is 0 Å². The number of carbonyl (C=O) groups is 1. The average Bonchev–Trinajstić information content (AvgIpc) is 2.47. The minimum Gasteiger partial charge on any atom is -0.366 e. The van der Waals surface area contributed by atoms with E-state index >= 15 is 0 Å². The Hall–Kier alpha value is -2.75. The van der Waals surface area contributed by atoms with E-state index in [1.54, 1.807) is 24.4 Å². The van der Waals surface area contributed by atoms with E-state index in [0.717, 1.165) is 16.8 Å². The number of benzene rings is 2. The standard InChI is InChI=1S/C15H11N3O/c16-15(19)11-6-7-12-13(8-11)17-9-14(18-12)10-4-2-1-3-5-10/h1-9H,(H2,16,19). The van der Waals surface area contributed by atoms with E-state index in [1.807, 2.05) is 30.3 Å². The third-order valence-corrected chi connectivity index (χ3v) is 2.90. The highest BCUT2D eigenvalue weighted by molar-refractivity contribution is 5.96. The Morgan fingerprint density at radius 2 is 1.79 bits per heavy atom. The summed E-state index contributed by atoms with van der Waals surface area (Å²) in [6.07, 6.45) is 1.70. The van der Waals surface area contributed by atoms with Gasteiger partial charge in [-0.05, 0) is 18.2 Å². The number of fused-ring (bicyclic) bond motifs is 1. The van der Waals surface area contributed by atoms with Crippen LogP contribution in [0.25, 0.3) is 22.3 Å². The lowest BCUT2D eigenvalue weighted by molar-refractivity contribution is 0.100. The molecule has 1 aromatic heterocycles. The van der Waals surface area contributed by atoms with Crippen LogP contribution in [0.4, 0.5) is 0 Å². The van der Waals surface area contributed by atoms with Crippen molar-refractivity contribution in [3.63, 3.8) is 0 Å². The third-order valence-electron chi connectivity index (χ3n) is 2.90. The number of amides is 1. The molecule has 0 atom stereocenters. The van der Waals surface area contributed by atoms with Crippen molar-refractivity contribution in [3.05, 3.63) is 60.3 Å². The maximum absolute atomic E-state index is 11.1. The van der Waals surface area contributed by atoms with Crippen LogP contribution in [-0.2, 0) is 0 Å². The molecule has 2 N–H and O–H groups in total. The minimum absolute atomic E-state index is 0.439. The van der Waals surface area contributed by atoms with Gasteiger partial charge in [-0.3, -0.25) is 9.78 Å². The van der Waals surface area contributed by atoms with Crippen LogP contribution in [-0.4, -0.2) is 15.9 Å². The van der Waals surface area contributed by atoms with Gasteiger partial charge in [-0.25, -0.2) is 4.98 Å². The van der Waals surface area contributed by atoms with Crippen LogP contribution in [0.5, 0.6) is 0 Å². The van der Waals surface area contributed by atoms with Crippen LogP contribution in [0.15, 0.2) is 54.7 Å². The van der Waals surface area contributed by atoms with Crippen molar-refractivity contribution in [1.29, 1.82) is 0 Å². The van der Waals surface area contributed by atoms with Gasteiger partial charge in [-0.1, -0.05) is 30.3 Å². The Balaban J connectivity index is 2.12. The second-order valence-electron chi connectivity index (χ2n) is 4.19. The second-order valence-corrected chi connectivity index (χ2v) is 4.19. The molecule has 0 fully saturated rings. The molecular weight excluding hydrogens is 238 g/mol. The fourth-order valence-corrected chi connectivity index (χ4v) is 1.91. The molecule has 0 aliphatic heterocycles. The highest BCUT2D eigenvalue weighted by Gasteiger charge is 2.05. The van der Waals surface area contributed by atoms with Gasteiger partial charge in [0.1, 0.15) is 0 Å². The van der Waals surface area contributed by atoms with Gasteiger partial charge in [0.15, 0.2) is 0 Å². The summed E-state index contributed by atoms with van der Waals surface area (Å²) in [5, 5.41) is 0. The van der Waals surface area contributed by atoms with E-state index in [1.165, 1.54) is 0 Å². The lowest BCUT2D eigenvalue weighted by atomic mass is 10.1. The molecule has 92 valence electrons. The molecule has 0 unspecified atom stereocenters. The molecule has 4 nitrogen and oxygen atoms in total. The third kappa shape index (κ3) is 2.15. The monoisotopic (exact) mass is 249 g/mol. The van der Waals surface area contributed by atoms with Crippen molar-refractivity contribution in [2.45, 2.75) is 0 Å². The predicted molar refractivity (Wildman–Crippen MR) is 73.5 cm³/mol. The first-order valence-electron chi connectivity index (χ1n) is 5.86. The normalized spacial score (nSPS) is 10.5. The SMILES string of the molecule is NC(=O)c1ccc2nc(-c3ccccc3)cnc2c1. The van der Waals surface area contributed by atoms with Crippen LogP contribution >= 0.6 is 0 Å². The van der Waals surface area contributed by atoms with Crippen LogP contribution in [0.2, 0.25) is 0 Å². The highest BCUT2D eigenvalue weighted by atomic mass is 16.1. The zero-order valence-corrected chi connectivity index (χ0v) is 10.1. The Kier molecular flexibility index (Phi) is 2.68. The molecule has 0 bridgehead atoms. The first-order chi connectivity index (χ1) is 9.24. The van der Waals surface area contributed by atoms with Gasteiger partial charge in [0.25, 0.3) is 0 Å². The highest BCUT2D eigenvalue weighted by Crippen LogP contribution is 2.19. The Labute approximate surface area is 109 Å². The molecule has 0 aliphatic carbocycles. The molecule has 19 heavy (non-hydrogen) atoms. The number of hydrogen-bond acceptors (Lipinski definition) is 3. The summed E-state index contributed by atoms with van der Waals surface area (Å²) < 4.78 is 0. The van der Waals surface area contributed by atoms with Crippen LogP contribution in [0, 0.1) is 0 Å². The lowest BCUT2D eigenvalue weighted by Gasteiger charge is -2.03. The molecule has 4 heteroatoms. The van der Waals surface area contributed by atoms with Crippen LogP contribution in [0.3, 0.4) is 0 Å². The Morgan fingerprint density at radius 3 is 2.53 bits per heavy atom. The number of carbonyl (C=O) groups excluding carboxylic acids is 1. The summed E-state index contributed by atoms with van der Waals surface area (Å²) in [5.41, 5.74) is 8.90. The van der Waals surface area contributed by atoms with Crippen LogP contribution in [0.1, 0.15) is 10.4 Å². The Bertz CT molecular complexity index is 754. The predicted octanol–water partition coefficient (Wildman–Crippen LogP) is 2.40. The number of rotatable bonds is 2. The summed E-state index contributed by atoms with van der Waals surface area (Å²) in [4.78, 5) is 20.0. The minimum atomic E-state index is -0.462. The maximum Gasteiger partial charge on any atom is 0.248 e. The molecule has 0 aliphatic rings. The number of hydrogen-bond donors (Lipinski definition) is 1. The van der Waals surface area contributed by atoms with Gasteiger partial charge in [-0.2, -0.15) is 0 Å². The maximum atomic E-state index is 11.1. The molecule has 0 saturated heterocycles. The number of nitrogens with two attached hydrogens (primary N) is 1. The zero-order chi connectivity index (χ0) is 13.2. The van der Waals surface area contributed by atoms with Gasteiger partial charge in [-0.15, -0.1) is 0 Å². The van der Waals surface area contributed by atoms with E-state index in [2.05, 4.69) is 9.97 Å². The zero-order valence-electron chi connectivity index (χ0n) is 10.1. The molecule has 3 aromatic rings. The van der Waals surface area contributed by atoms with Crippen molar-refractivity contribution >= 4 is 16.9 Å². The molecule has 0 radical (unpaired) electrons. The summed E-state index contributed by atoms with van der Waals surface area (Å²) in [6.45, 7) is 0. The smallest absolute Gasteiger partial charge is 0.248 e. The number of nitrogens with zero attached hydrogens (tertiary/aromatic N) is 2. The quantitative estimate of drug-likeness (QED) is 0.758. The first kappa shape index (κ1) is 11.3. The first-order valence-corrected chi connectivity index (χ1v) is 5.86. The van der Waals surface area contributed by atoms with Gasteiger partial charge in [0.05, 0.1) is 22.9 Å². The van der Waals surface area contributed by atoms with Crippen LogP contribution < -0.4 is 5.73 Å². The lowest BCUT2D eigenvalue weighted by Crippen LogP contribution is -2.10. The van der Waals surface area contributed by atoms with Gasteiger partial charge in [0, 0.05) is 11.1 Å². The molecule has 2 aromatic carbocycles. The van der Waals surface area contributed by atoms with E-state index < -0.39 is 5.91 Å². The summed E-state index contributed by atoms with van der Waals surface area (Å²) in [6, 6.07) is 14.9. The Morgan fingerprint density at radius 1 is 1.00 bits per heavy atom. The number of primary amides is 1. The second kappa shape index (κ2) is 4.49. The van der Waals surface area contributed by atoms with Crippen molar-refractivity contribution in [3.8, 4) is 11.3 Å². The van der Waals surface area contributed by atoms with Gasteiger partial charge in [0.2, 0.25) is 5.91 Å².